The minimum Gasteiger partial charge on any atom is -0.352 e. The van der Waals surface area contributed by atoms with Crippen LogP contribution in [0, 0.1) is 19.8 Å². The van der Waals surface area contributed by atoms with Crippen LogP contribution in [0.2, 0.25) is 0 Å². The van der Waals surface area contributed by atoms with Gasteiger partial charge < -0.3 is 5.32 Å². The third-order valence-electron chi connectivity index (χ3n) is 4.57. The molecule has 5 nitrogen and oxygen atoms in total. The van der Waals surface area contributed by atoms with Crippen LogP contribution in [0.15, 0.2) is 53.4 Å². The fraction of sp³-hybridized carbons (Fsp3) is 0.381. The van der Waals surface area contributed by atoms with Crippen molar-refractivity contribution in [2.24, 2.45) is 5.92 Å². The summed E-state index contributed by atoms with van der Waals surface area (Å²) in [6.45, 7) is 9.44. The van der Waals surface area contributed by atoms with Gasteiger partial charge in [-0.15, -0.1) is 0 Å². The first-order chi connectivity index (χ1) is 12.6. The quantitative estimate of drug-likeness (QED) is 0.787. The van der Waals surface area contributed by atoms with E-state index < -0.39 is 10.0 Å². The van der Waals surface area contributed by atoms with Crippen molar-refractivity contribution in [3.05, 3.63) is 59.7 Å². The molecule has 0 spiro atoms. The largest absolute Gasteiger partial charge is 0.352 e. The normalized spacial score (nSPS) is 12.7. The molecule has 1 atom stereocenters. The van der Waals surface area contributed by atoms with Crippen molar-refractivity contribution in [3.63, 3.8) is 0 Å². The van der Waals surface area contributed by atoms with Gasteiger partial charge in [0, 0.05) is 6.04 Å². The molecule has 2 rings (SSSR count). The first kappa shape index (κ1) is 21.0. The zero-order chi connectivity index (χ0) is 20.2. The van der Waals surface area contributed by atoms with Gasteiger partial charge in [-0.25, -0.2) is 8.42 Å². The van der Waals surface area contributed by atoms with E-state index in [2.05, 4.69) is 5.32 Å². The van der Waals surface area contributed by atoms with Crippen LogP contribution in [0.5, 0.6) is 0 Å². The lowest BCUT2D eigenvalue weighted by Gasteiger charge is -2.26. The highest BCUT2D eigenvalue weighted by Gasteiger charge is 2.27. The van der Waals surface area contributed by atoms with E-state index in [1.807, 2.05) is 40.7 Å². The van der Waals surface area contributed by atoms with E-state index in [1.165, 1.54) is 4.31 Å². The average molecular weight is 389 g/mol. The smallest absolute Gasteiger partial charge is 0.264 e. The molecule has 2 aromatic rings. The molecule has 0 aliphatic heterocycles. The van der Waals surface area contributed by atoms with E-state index in [0.717, 1.165) is 11.1 Å². The number of carbonyl (C=O) groups is 1. The van der Waals surface area contributed by atoms with Crippen molar-refractivity contribution in [2.45, 2.75) is 45.6 Å². The molecular weight excluding hydrogens is 360 g/mol. The zero-order valence-electron chi connectivity index (χ0n) is 16.6. The van der Waals surface area contributed by atoms with E-state index in [0.29, 0.717) is 5.69 Å². The molecule has 0 radical (unpaired) electrons. The Morgan fingerprint density at radius 2 is 1.63 bits per heavy atom. The molecule has 2 aromatic carbocycles. The van der Waals surface area contributed by atoms with Gasteiger partial charge in [0.25, 0.3) is 10.0 Å². The Labute approximate surface area is 162 Å². The Morgan fingerprint density at radius 1 is 1.00 bits per heavy atom. The fourth-order valence-electron chi connectivity index (χ4n) is 2.53. The number of nitrogens with one attached hydrogen (secondary N) is 1. The second-order valence-corrected chi connectivity index (χ2v) is 9.13. The van der Waals surface area contributed by atoms with Gasteiger partial charge in [0.15, 0.2) is 0 Å². The number of aryl methyl sites for hydroxylation is 2. The van der Waals surface area contributed by atoms with E-state index in [4.69, 9.17) is 0 Å². The molecule has 0 aliphatic carbocycles. The number of benzene rings is 2. The van der Waals surface area contributed by atoms with Crippen molar-refractivity contribution in [3.8, 4) is 0 Å². The second-order valence-electron chi connectivity index (χ2n) is 7.26. The average Bonchev–Trinajstić information content (AvgIpc) is 2.59. The highest BCUT2D eigenvalue weighted by molar-refractivity contribution is 7.92. The highest BCUT2D eigenvalue weighted by atomic mass is 32.2. The maximum Gasteiger partial charge on any atom is 0.264 e. The van der Waals surface area contributed by atoms with Crippen LogP contribution < -0.4 is 9.62 Å². The van der Waals surface area contributed by atoms with Crippen LogP contribution in [-0.2, 0) is 14.8 Å². The van der Waals surface area contributed by atoms with Crippen molar-refractivity contribution in [1.29, 1.82) is 0 Å². The number of nitrogens with zero attached hydrogens (tertiary/aromatic N) is 1. The van der Waals surface area contributed by atoms with Crippen LogP contribution in [0.4, 0.5) is 5.69 Å². The van der Waals surface area contributed by atoms with E-state index in [1.54, 1.807) is 42.5 Å². The predicted molar refractivity (Wildman–Crippen MR) is 109 cm³/mol. The van der Waals surface area contributed by atoms with Gasteiger partial charge in [-0.1, -0.05) is 43.7 Å². The molecule has 27 heavy (non-hydrogen) atoms. The number of hydrogen-bond acceptors (Lipinski definition) is 3. The Balaban J connectivity index is 2.41. The van der Waals surface area contributed by atoms with Gasteiger partial charge in [0.2, 0.25) is 5.91 Å². The van der Waals surface area contributed by atoms with E-state index in [-0.39, 0.29) is 29.3 Å². The summed E-state index contributed by atoms with van der Waals surface area (Å²) >= 11 is 0. The zero-order valence-corrected chi connectivity index (χ0v) is 17.4. The summed E-state index contributed by atoms with van der Waals surface area (Å²) in [5.74, 6) is -0.0662. The molecule has 1 N–H and O–H groups in total. The highest BCUT2D eigenvalue weighted by Crippen LogP contribution is 2.24. The van der Waals surface area contributed by atoms with Crippen molar-refractivity contribution in [1.82, 2.24) is 5.32 Å². The van der Waals surface area contributed by atoms with Crippen LogP contribution in [0.1, 0.15) is 31.9 Å². The predicted octanol–water partition coefficient (Wildman–Crippen LogP) is 3.66. The molecule has 0 aliphatic rings. The number of hydrogen-bond donors (Lipinski definition) is 1. The molecule has 0 fully saturated rings. The van der Waals surface area contributed by atoms with Crippen LogP contribution in [-0.4, -0.2) is 26.9 Å². The number of carbonyl (C=O) groups excluding carboxylic acids is 1. The molecule has 1 amide bonds. The lowest BCUT2D eigenvalue weighted by Crippen LogP contribution is -2.45. The van der Waals surface area contributed by atoms with Crippen LogP contribution in [0.3, 0.4) is 0 Å². The first-order valence-electron chi connectivity index (χ1n) is 9.06. The van der Waals surface area contributed by atoms with E-state index >= 15 is 0 Å². The Hall–Kier alpha value is -2.34. The lowest BCUT2D eigenvalue weighted by molar-refractivity contribution is -0.120. The Bertz CT molecular complexity index is 890. The molecule has 0 aromatic heterocycles. The molecule has 0 unspecified atom stereocenters. The van der Waals surface area contributed by atoms with E-state index in [9.17, 15) is 13.2 Å². The summed E-state index contributed by atoms with van der Waals surface area (Å²) < 4.78 is 27.7. The van der Waals surface area contributed by atoms with Crippen molar-refractivity contribution < 1.29 is 13.2 Å². The summed E-state index contributed by atoms with van der Waals surface area (Å²) in [4.78, 5) is 12.7. The van der Waals surface area contributed by atoms with Crippen molar-refractivity contribution >= 4 is 21.6 Å². The van der Waals surface area contributed by atoms with Gasteiger partial charge in [0.1, 0.15) is 6.54 Å². The Kier molecular flexibility index (Phi) is 6.65. The standard InChI is InChI=1S/C21H28N2O3S/c1-15(2)18(5)22-21(24)14-23(19-8-6-7-17(4)13-19)27(25,26)20-11-9-16(3)10-12-20/h6-13,15,18H,14H2,1-5H3,(H,22,24)/t18-/m1/s1. The minimum absolute atomic E-state index is 0.0426. The monoisotopic (exact) mass is 388 g/mol. The molecule has 0 saturated carbocycles. The molecule has 146 valence electrons. The lowest BCUT2D eigenvalue weighted by atomic mass is 10.1. The topological polar surface area (TPSA) is 66.5 Å². The van der Waals surface area contributed by atoms with Gasteiger partial charge in [-0.2, -0.15) is 0 Å². The van der Waals surface area contributed by atoms with Crippen LogP contribution in [0.25, 0.3) is 0 Å². The third-order valence-corrected chi connectivity index (χ3v) is 6.36. The van der Waals surface area contributed by atoms with Gasteiger partial charge in [0.05, 0.1) is 10.6 Å². The van der Waals surface area contributed by atoms with Gasteiger partial charge in [-0.05, 0) is 56.5 Å². The SMILES string of the molecule is Cc1ccc(S(=O)(=O)N(CC(=O)N[C@H](C)C(C)C)c2cccc(C)c2)cc1. The number of rotatable bonds is 7. The molecular formula is C21H28N2O3S. The van der Waals surface area contributed by atoms with Crippen LogP contribution >= 0.6 is 0 Å². The Morgan fingerprint density at radius 3 is 2.19 bits per heavy atom. The van der Waals surface area contributed by atoms with Gasteiger partial charge in [-0.3, -0.25) is 9.10 Å². The second kappa shape index (κ2) is 8.57. The minimum atomic E-state index is -3.87. The fourth-order valence-corrected chi connectivity index (χ4v) is 3.95. The molecule has 0 heterocycles. The third kappa shape index (κ3) is 5.32. The maximum absolute atomic E-state index is 13.3. The summed E-state index contributed by atoms with van der Waals surface area (Å²) in [5, 5.41) is 2.88. The number of amides is 1. The first-order valence-corrected chi connectivity index (χ1v) is 10.5. The van der Waals surface area contributed by atoms with Gasteiger partial charge >= 0.3 is 0 Å². The van der Waals surface area contributed by atoms with Crippen molar-refractivity contribution in [2.75, 3.05) is 10.8 Å². The summed E-state index contributed by atoms with van der Waals surface area (Å²) in [7, 11) is -3.87. The molecule has 0 saturated heterocycles. The molecule has 6 heteroatoms. The summed E-state index contributed by atoms with van der Waals surface area (Å²) in [6.07, 6.45) is 0. The maximum atomic E-state index is 13.3. The number of anilines is 1. The summed E-state index contributed by atoms with van der Waals surface area (Å²) in [6, 6.07) is 13.8. The molecule has 0 bridgehead atoms. The summed E-state index contributed by atoms with van der Waals surface area (Å²) in [5.41, 5.74) is 2.37. The number of sulfonamides is 1.